The summed E-state index contributed by atoms with van der Waals surface area (Å²) in [6.07, 6.45) is -11.1. The Hall–Kier alpha value is -1.73. The minimum atomic E-state index is -5.56. The van der Waals surface area contributed by atoms with Crippen LogP contribution in [0.3, 0.4) is 0 Å². The fraction of sp³-hybridized carbons (Fsp3) is 0.222. The van der Waals surface area contributed by atoms with Gasteiger partial charge in [-0.1, -0.05) is 18.2 Å². The maximum Gasteiger partial charge on any atom is 0.440 e. The number of benzene rings is 1. The highest BCUT2D eigenvalue weighted by molar-refractivity contribution is 5.95. The van der Waals surface area contributed by atoms with E-state index in [4.69, 9.17) is 0 Å². The van der Waals surface area contributed by atoms with Gasteiger partial charge in [0.25, 0.3) is 0 Å². The van der Waals surface area contributed by atoms with Crippen LogP contribution in [0.15, 0.2) is 35.4 Å². The van der Waals surface area contributed by atoms with Gasteiger partial charge in [-0.15, -0.1) is 0 Å². The lowest BCUT2D eigenvalue weighted by Gasteiger charge is -2.13. The molecule has 0 aliphatic rings. The molecule has 0 saturated carbocycles. The van der Waals surface area contributed by atoms with Crippen molar-refractivity contribution in [2.75, 3.05) is 5.43 Å². The molecule has 0 bridgehead atoms. The summed E-state index contributed by atoms with van der Waals surface area (Å²) in [6.45, 7) is 0. The van der Waals surface area contributed by atoms with Gasteiger partial charge in [0.1, 0.15) is 0 Å². The first-order valence-electron chi connectivity index (χ1n) is 4.24. The van der Waals surface area contributed by atoms with Crippen molar-refractivity contribution in [3.63, 3.8) is 0 Å². The first-order valence-corrected chi connectivity index (χ1v) is 4.24. The molecule has 94 valence electrons. The number of nitrogens with zero attached hydrogens (tertiary/aromatic N) is 1. The second-order valence-corrected chi connectivity index (χ2v) is 2.93. The second kappa shape index (κ2) is 4.64. The minimum Gasteiger partial charge on any atom is -0.278 e. The van der Waals surface area contributed by atoms with Crippen LogP contribution in [0.1, 0.15) is 0 Å². The number of hydrogen-bond acceptors (Lipinski definition) is 2. The van der Waals surface area contributed by atoms with Crippen molar-refractivity contribution in [3.05, 3.63) is 30.3 Å². The van der Waals surface area contributed by atoms with E-state index in [0.717, 1.165) is 0 Å². The van der Waals surface area contributed by atoms with E-state index in [1.807, 2.05) is 0 Å². The lowest BCUT2D eigenvalue weighted by atomic mass is 10.3. The van der Waals surface area contributed by atoms with E-state index in [2.05, 4.69) is 5.10 Å². The van der Waals surface area contributed by atoms with E-state index >= 15 is 0 Å². The van der Waals surface area contributed by atoms with Gasteiger partial charge in [-0.05, 0) is 12.1 Å². The normalized spacial score (nSPS) is 12.1. The summed E-state index contributed by atoms with van der Waals surface area (Å²) in [5.74, 6) is 0. The number of para-hydroxylation sites is 1. The molecule has 1 N–H and O–H groups in total. The molecule has 2 nitrogen and oxygen atoms in total. The Labute approximate surface area is 91.9 Å². The Kier molecular flexibility index (Phi) is 3.64. The van der Waals surface area contributed by atoms with Gasteiger partial charge in [0.15, 0.2) is 0 Å². The second-order valence-electron chi connectivity index (χ2n) is 2.93. The molecule has 0 amide bonds. The molecule has 0 unspecified atom stereocenters. The molecule has 0 aliphatic carbocycles. The quantitative estimate of drug-likeness (QED) is 0.488. The highest BCUT2D eigenvalue weighted by atomic mass is 19.4. The average Bonchev–Trinajstić information content (AvgIpc) is 2.15. The van der Waals surface area contributed by atoms with Crippen molar-refractivity contribution >= 4 is 11.4 Å². The third kappa shape index (κ3) is 3.97. The highest BCUT2D eigenvalue weighted by Gasteiger charge is 2.53. The number of hydrogen-bond donors (Lipinski definition) is 1. The molecule has 0 saturated heterocycles. The summed E-state index contributed by atoms with van der Waals surface area (Å²) in [4.78, 5) is 0. The van der Waals surface area contributed by atoms with Gasteiger partial charge in [-0.25, -0.2) is 0 Å². The molecule has 1 rings (SSSR count). The van der Waals surface area contributed by atoms with Crippen molar-refractivity contribution < 1.29 is 26.3 Å². The molecule has 0 radical (unpaired) electrons. The number of halogens is 6. The van der Waals surface area contributed by atoms with Gasteiger partial charge in [0.05, 0.1) is 5.69 Å². The fourth-order valence-corrected chi connectivity index (χ4v) is 0.921. The van der Waals surface area contributed by atoms with Crippen molar-refractivity contribution in [1.29, 1.82) is 0 Å². The Bertz CT molecular complexity index is 376. The fourth-order valence-electron chi connectivity index (χ4n) is 0.921. The molecule has 0 atom stereocenters. The van der Waals surface area contributed by atoms with E-state index in [0.29, 0.717) is 0 Å². The number of hydrazone groups is 1. The van der Waals surface area contributed by atoms with E-state index in [1.165, 1.54) is 24.3 Å². The first kappa shape index (κ1) is 13.3. The van der Waals surface area contributed by atoms with Crippen LogP contribution in [0.5, 0.6) is 0 Å². The molecule has 1 aromatic rings. The van der Waals surface area contributed by atoms with Crippen LogP contribution in [-0.2, 0) is 0 Å². The van der Waals surface area contributed by atoms with E-state index < -0.39 is 18.1 Å². The molecule has 0 fully saturated rings. The van der Waals surface area contributed by atoms with E-state index in [-0.39, 0.29) is 5.69 Å². The molecule has 1 aromatic carbocycles. The maximum absolute atomic E-state index is 12.0. The maximum atomic E-state index is 12.0. The summed E-state index contributed by atoms with van der Waals surface area (Å²) in [5, 5.41) is 2.35. The Morgan fingerprint density at radius 2 is 1.35 bits per heavy atom. The van der Waals surface area contributed by atoms with Crippen LogP contribution >= 0.6 is 0 Å². The molecule has 0 spiro atoms. The monoisotopic (exact) mass is 256 g/mol. The summed E-state index contributed by atoms with van der Waals surface area (Å²) in [6, 6.07) is 7.02. The van der Waals surface area contributed by atoms with Crippen molar-refractivity contribution in [1.82, 2.24) is 0 Å². The topological polar surface area (TPSA) is 24.4 Å². The Morgan fingerprint density at radius 1 is 0.882 bits per heavy atom. The zero-order valence-corrected chi connectivity index (χ0v) is 8.10. The van der Waals surface area contributed by atoms with Crippen LogP contribution < -0.4 is 5.43 Å². The standard InChI is InChI=1S/C9H6F6N2/c10-8(11,12)7(9(13,14)15)17-16-6-4-2-1-3-5-6/h1-5,16H. The lowest BCUT2D eigenvalue weighted by molar-refractivity contribution is -0.118. The van der Waals surface area contributed by atoms with Crippen LogP contribution in [0.25, 0.3) is 0 Å². The van der Waals surface area contributed by atoms with Gasteiger partial charge in [-0.2, -0.15) is 31.4 Å². The smallest absolute Gasteiger partial charge is 0.278 e. The van der Waals surface area contributed by atoms with Crippen molar-refractivity contribution in [2.24, 2.45) is 5.10 Å². The van der Waals surface area contributed by atoms with Gasteiger partial charge < -0.3 is 0 Å². The predicted molar refractivity (Wildman–Crippen MR) is 49.6 cm³/mol. The highest BCUT2D eigenvalue weighted by Crippen LogP contribution is 2.30. The number of nitrogens with one attached hydrogen (secondary N) is 1. The van der Waals surface area contributed by atoms with Crippen LogP contribution in [0, 0.1) is 0 Å². The van der Waals surface area contributed by atoms with E-state index in [9.17, 15) is 26.3 Å². The van der Waals surface area contributed by atoms with Crippen LogP contribution in [-0.4, -0.2) is 18.1 Å². The molecule has 17 heavy (non-hydrogen) atoms. The molecule has 0 heterocycles. The van der Waals surface area contributed by atoms with Gasteiger partial charge in [-0.3, -0.25) is 5.43 Å². The third-order valence-corrected chi connectivity index (χ3v) is 1.61. The number of anilines is 1. The van der Waals surface area contributed by atoms with Gasteiger partial charge >= 0.3 is 12.4 Å². The zero-order valence-electron chi connectivity index (χ0n) is 8.10. The number of alkyl halides is 6. The van der Waals surface area contributed by atoms with Crippen molar-refractivity contribution in [3.8, 4) is 0 Å². The summed E-state index contributed by atoms with van der Waals surface area (Å²) < 4.78 is 72.2. The van der Waals surface area contributed by atoms with E-state index in [1.54, 1.807) is 11.5 Å². The molecule has 0 aliphatic heterocycles. The summed E-state index contributed by atoms with van der Waals surface area (Å²) in [5.41, 5.74) is -1.09. The van der Waals surface area contributed by atoms with Gasteiger partial charge in [0, 0.05) is 0 Å². The molecule has 0 aromatic heterocycles. The largest absolute Gasteiger partial charge is 0.440 e. The van der Waals surface area contributed by atoms with Crippen molar-refractivity contribution in [2.45, 2.75) is 12.4 Å². The Balaban J connectivity index is 2.93. The number of rotatable bonds is 2. The van der Waals surface area contributed by atoms with Gasteiger partial charge in [0.2, 0.25) is 5.71 Å². The van der Waals surface area contributed by atoms with Crippen LogP contribution in [0.2, 0.25) is 0 Å². The average molecular weight is 256 g/mol. The first-order chi connectivity index (χ1) is 7.71. The molecular weight excluding hydrogens is 250 g/mol. The minimum absolute atomic E-state index is 0.0264. The SMILES string of the molecule is FC(F)(F)C(=NNc1ccccc1)C(F)(F)F. The Morgan fingerprint density at radius 3 is 1.76 bits per heavy atom. The molecular formula is C9H6F6N2. The third-order valence-electron chi connectivity index (χ3n) is 1.61. The summed E-state index contributed by atoms with van der Waals surface area (Å²) in [7, 11) is 0. The van der Waals surface area contributed by atoms with Crippen LogP contribution in [0.4, 0.5) is 32.0 Å². The lowest BCUT2D eigenvalue weighted by Crippen LogP contribution is -2.37. The predicted octanol–water partition coefficient (Wildman–Crippen LogP) is 3.58. The molecule has 8 heteroatoms. The zero-order chi connectivity index (χ0) is 13.1. The summed E-state index contributed by atoms with van der Waals surface area (Å²) >= 11 is 0.